The van der Waals surface area contributed by atoms with Crippen molar-refractivity contribution in [3.63, 3.8) is 0 Å². The van der Waals surface area contributed by atoms with Gasteiger partial charge in [0.15, 0.2) is 6.29 Å². The SMILES string of the molecule is C=CC1COC(c2ccc(C(F)(F)Oc3ccc(-c4ccc(C(F)(F)F)c(F)c4)cc3)cc2)OC1. The van der Waals surface area contributed by atoms with Gasteiger partial charge in [0.25, 0.3) is 0 Å². The summed E-state index contributed by atoms with van der Waals surface area (Å²) in [6.07, 6.45) is -7.40. The first-order valence-corrected chi connectivity index (χ1v) is 10.6. The molecule has 0 radical (unpaired) electrons. The summed E-state index contributed by atoms with van der Waals surface area (Å²) in [6, 6.07) is 13.0. The minimum atomic E-state index is -4.81. The van der Waals surface area contributed by atoms with Crippen molar-refractivity contribution in [2.45, 2.75) is 18.6 Å². The summed E-state index contributed by atoms with van der Waals surface area (Å²) < 4.78 is 97.4. The van der Waals surface area contributed by atoms with Crippen molar-refractivity contribution >= 4 is 0 Å². The lowest BCUT2D eigenvalue weighted by Gasteiger charge is -2.28. The Morgan fingerprint density at radius 3 is 1.97 bits per heavy atom. The minimum Gasteiger partial charge on any atom is -0.429 e. The van der Waals surface area contributed by atoms with Crippen LogP contribution in [-0.4, -0.2) is 13.2 Å². The predicted molar refractivity (Wildman–Crippen MR) is 116 cm³/mol. The molecule has 3 aromatic carbocycles. The van der Waals surface area contributed by atoms with Crippen molar-refractivity contribution in [1.29, 1.82) is 0 Å². The van der Waals surface area contributed by atoms with Crippen LogP contribution in [0.1, 0.15) is 23.0 Å². The van der Waals surface area contributed by atoms with E-state index < -0.39 is 35.5 Å². The average molecular weight is 494 g/mol. The van der Waals surface area contributed by atoms with E-state index in [2.05, 4.69) is 6.58 Å². The van der Waals surface area contributed by atoms with Crippen molar-refractivity contribution in [2.75, 3.05) is 13.2 Å². The topological polar surface area (TPSA) is 27.7 Å². The molecule has 35 heavy (non-hydrogen) atoms. The van der Waals surface area contributed by atoms with Crippen molar-refractivity contribution in [3.8, 4) is 16.9 Å². The van der Waals surface area contributed by atoms with Gasteiger partial charge in [-0.1, -0.05) is 36.4 Å². The average Bonchev–Trinajstić information content (AvgIpc) is 2.83. The van der Waals surface area contributed by atoms with Crippen molar-refractivity contribution in [2.24, 2.45) is 5.92 Å². The maximum atomic E-state index is 14.7. The van der Waals surface area contributed by atoms with Gasteiger partial charge in [-0.05, 0) is 47.5 Å². The zero-order chi connectivity index (χ0) is 25.2. The van der Waals surface area contributed by atoms with E-state index in [9.17, 15) is 26.3 Å². The summed E-state index contributed by atoms with van der Waals surface area (Å²) in [5.74, 6) is -1.52. The van der Waals surface area contributed by atoms with Crippen LogP contribution in [0.3, 0.4) is 0 Å². The first-order valence-electron chi connectivity index (χ1n) is 10.6. The molecule has 1 aliphatic rings. The Kier molecular flexibility index (Phi) is 6.91. The second-order valence-electron chi connectivity index (χ2n) is 7.95. The van der Waals surface area contributed by atoms with E-state index >= 15 is 0 Å². The Morgan fingerprint density at radius 2 is 1.43 bits per heavy atom. The molecule has 0 N–H and O–H groups in total. The van der Waals surface area contributed by atoms with E-state index in [0.29, 0.717) is 30.4 Å². The molecule has 0 aromatic heterocycles. The van der Waals surface area contributed by atoms with Gasteiger partial charge in [-0.15, -0.1) is 6.58 Å². The van der Waals surface area contributed by atoms with E-state index in [1.807, 2.05) is 0 Å². The lowest BCUT2D eigenvalue weighted by atomic mass is 10.0. The first-order chi connectivity index (χ1) is 16.6. The third kappa shape index (κ3) is 5.68. The second kappa shape index (κ2) is 9.75. The molecule has 9 heteroatoms. The first kappa shape index (κ1) is 24.8. The molecular weight excluding hydrogens is 474 g/mol. The van der Waals surface area contributed by atoms with Gasteiger partial charge in [0.2, 0.25) is 0 Å². The van der Waals surface area contributed by atoms with E-state index in [1.54, 1.807) is 6.08 Å². The van der Waals surface area contributed by atoms with Gasteiger partial charge in [0, 0.05) is 11.5 Å². The largest absolute Gasteiger partial charge is 0.429 e. The molecule has 0 aliphatic carbocycles. The molecule has 4 rings (SSSR count). The fourth-order valence-corrected chi connectivity index (χ4v) is 3.53. The second-order valence-corrected chi connectivity index (χ2v) is 7.95. The van der Waals surface area contributed by atoms with Crippen LogP contribution in [-0.2, 0) is 21.8 Å². The van der Waals surface area contributed by atoms with Crippen LogP contribution < -0.4 is 4.74 Å². The van der Waals surface area contributed by atoms with E-state index in [-0.39, 0.29) is 17.2 Å². The molecule has 3 nitrogen and oxygen atoms in total. The summed E-state index contributed by atoms with van der Waals surface area (Å²) in [6.45, 7) is 4.52. The molecule has 1 aliphatic heterocycles. The van der Waals surface area contributed by atoms with Gasteiger partial charge in [0.05, 0.1) is 24.3 Å². The molecule has 1 heterocycles. The van der Waals surface area contributed by atoms with Crippen LogP contribution >= 0.6 is 0 Å². The highest BCUT2D eigenvalue weighted by Gasteiger charge is 2.35. The fourth-order valence-electron chi connectivity index (χ4n) is 3.53. The molecule has 184 valence electrons. The molecule has 0 saturated carbocycles. The van der Waals surface area contributed by atoms with E-state index in [1.165, 1.54) is 48.5 Å². The van der Waals surface area contributed by atoms with Crippen molar-refractivity contribution in [3.05, 3.63) is 102 Å². The van der Waals surface area contributed by atoms with Gasteiger partial charge in [-0.2, -0.15) is 22.0 Å². The molecule has 3 aromatic rings. The smallest absolute Gasteiger partial charge is 0.426 e. The van der Waals surface area contributed by atoms with Crippen LogP contribution in [0, 0.1) is 11.7 Å². The van der Waals surface area contributed by atoms with Gasteiger partial charge in [-0.3, -0.25) is 0 Å². The molecular formula is C26H20F6O3. The number of benzene rings is 3. The molecule has 0 unspecified atom stereocenters. The third-order valence-electron chi connectivity index (χ3n) is 5.48. The standard InChI is InChI=1S/C26H20F6O3/c1-2-16-14-33-24(34-15-16)18-3-8-20(9-4-18)26(31,32)35-21-10-5-17(6-11-21)19-7-12-22(23(27)13-19)25(28,29)30/h2-13,16,24H,1,14-15H2. The van der Waals surface area contributed by atoms with E-state index in [4.69, 9.17) is 14.2 Å². The zero-order valence-electron chi connectivity index (χ0n) is 18.2. The molecule has 1 saturated heterocycles. The summed E-state index contributed by atoms with van der Waals surface area (Å²) in [5.41, 5.74) is -0.690. The molecule has 0 atom stereocenters. The maximum Gasteiger partial charge on any atom is 0.426 e. The van der Waals surface area contributed by atoms with Crippen molar-refractivity contribution in [1.82, 2.24) is 0 Å². The highest BCUT2D eigenvalue weighted by atomic mass is 19.4. The number of hydrogen-bond acceptors (Lipinski definition) is 3. The molecule has 0 amide bonds. The van der Waals surface area contributed by atoms with Crippen LogP contribution in [0.5, 0.6) is 5.75 Å². The highest BCUT2D eigenvalue weighted by molar-refractivity contribution is 5.64. The Bertz CT molecular complexity index is 1170. The zero-order valence-corrected chi connectivity index (χ0v) is 18.2. The fraction of sp³-hybridized carbons (Fsp3) is 0.231. The monoisotopic (exact) mass is 494 g/mol. The Hall–Kier alpha value is -3.30. The summed E-state index contributed by atoms with van der Waals surface area (Å²) in [5, 5.41) is 0. The normalized spacial score (nSPS) is 18.8. The maximum absolute atomic E-state index is 14.7. The van der Waals surface area contributed by atoms with Gasteiger partial charge >= 0.3 is 12.3 Å². The summed E-state index contributed by atoms with van der Waals surface area (Å²) in [7, 11) is 0. The van der Waals surface area contributed by atoms with Crippen LogP contribution in [0.2, 0.25) is 0 Å². The predicted octanol–water partition coefficient (Wildman–Crippen LogP) is 7.49. The molecule has 0 spiro atoms. The van der Waals surface area contributed by atoms with Crippen molar-refractivity contribution < 1.29 is 40.6 Å². The van der Waals surface area contributed by atoms with Gasteiger partial charge in [0.1, 0.15) is 11.6 Å². The van der Waals surface area contributed by atoms with E-state index in [0.717, 1.165) is 12.1 Å². The molecule has 0 bridgehead atoms. The van der Waals surface area contributed by atoms with Crippen LogP contribution in [0.4, 0.5) is 26.3 Å². The van der Waals surface area contributed by atoms with Gasteiger partial charge < -0.3 is 14.2 Å². The lowest BCUT2D eigenvalue weighted by molar-refractivity contribution is -0.198. The number of ether oxygens (including phenoxy) is 3. The quantitative estimate of drug-likeness (QED) is 0.263. The van der Waals surface area contributed by atoms with Crippen LogP contribution in [0.15, 0.2) is 79.4 Å². The minimum absolute atomic E-state index is 0.0768. The highest BCUT2D eigenvalue weighted by Crippen LogP contribution is 2.36. The number of rotatable bonds is 6. The van der Waals surface area contributed by atoms with Gasteiger partial charge in [-0.25, -0.2) is 4.39 Å². The van der Waals surface area contributed by atoms with Crippen LogP contribution in [0.25, 0.3) is 11.1 Å². The lowest BCUT2D eigenvalue weighted by Crippen LogP contribution is -2.26. The molecule has 1 fully saturated rings. The Labute approximate surface area is 197 Å². The number of hydrogen-bond donors (Lipinski definition) is 0. The summed E-state index contributed by atoms with van der Waals surface area (Å²) >= 11 is 0. The third-order valence-corrected chi connectivity index (χ3v) is 5.48. The number of halogens is 6. The Balaban J connectivity index is 1.43. The Morgan fingerprint density at radius 1 is 0.829 bits per heavy atom. The number of alkyl halides is 5. The summed E-state index contributed by atoms with van der Waals surface area (Å²) in [4.78, 5) is 0.